The first-order valence-corrected chi connectivity index (χ1v) is 7.28. The van der Waals surface area contributed by atoms with E-state index in [9.17, 15) is 4.79 Å². The first-order valence-electron chi connectivity index (χ1n) is 5.82. The number of hydrogen-bond acceptors (Lipinski definition) is 1. The minimum absolute atomic E-state index is 0.137. The standard InChI is InChI=1S/C13H15ClINO/c1-9-3-2-6-16(8-9)13(17)11-5-4-10(14)7-12(11)15/h4-5,7,9H,2-3,6,8H2,1H3. The monoisotopic (exact) mass is 363 g/mol. The summed E-state index contributed by atoms with van der Waals surface area (Å²) in [5.74, 6) is 0.746. The Balaban J connectivity index is 2.18. The van der Waals surface area contributed by atoms with Gasteiger partial charge in [0.2, 0.25) is 0 Å². The molecule has 4 heteroatoms. The van der Waals surface area contributed by atoms with Gasteiger partial charge in [-0.05, 0) is 59.5 Å². The number of amides is 1. The van der Waals surface area contributed by atoms with Crippen LogP contribution in [0, 0.1) is 9.49 Å². The normalized spacial score (nSPS) is 20.4. The molecule has 92 valence electrons. The van der Waals surface area contributed by atoms with Gasteiger partial charge in [-0.3, -0.25) is 4.79 Å². The molecule has 1 unspecified atom stereocenters. The molecule has 0 aromatic heterocycles. The molecule has 1 atom stereocenters. The summed E-state index contributed by atoms with van der Waals surface area (Å²) in [6, 6.07) is 5.44. The third-order valence-electron chi connectivity index (χ3n) is 3.11. The molecule has 2 nitrogen and oxygen atoms in total. The zero-order valence-electron chi connectivity index (χ0n) is 9.75. The second kappa shape index (κ2) is 5.57. The molecule has 0 saturated carbocycles. The smallest absolute Gasteiger partial charge is 0.254 e. The van der Waals surface area contributed by atoms with E-state index in [0.29, 0.717) is 10.9 Å². The first-order chi connectivity index (χ1) is 8.08. The van der Waals surface area contributed by atoms with Gasteiger partial charge >= 0.3 is 0 Å². The van der Waals surface area contributed by atoms with Gasteiger partial charge in [-0.1, -0.05) is 18.5 Å². The van der Waals surface area contributed by atoms with Crippen LogP contribution in [-0.4, -0.2) is 23.9 Å². The third-order valence-corrected chi connectivity index (χ3v) is 4.23. The van der Waals surface area contributed by atoms with E-state index in [1.54, 1.807) is 6.07 Å². The summed E-state index contributed by atoms with van der Waals surface area (Å²) in [5, 5.41) is 0.679. The van der Waals surface area contributed by atoms with Gasteiger partial charge < -0.3 is 4.90 Å². The van der Waals surface area contributed by atoms with Crippen molar-refractivity contribution in [3.8, 4) is 0 Å². The molecule has 1 amide bonds. The number of rotatable bonds is 1. The van der Waals surface area contributed by atoms with Gasteiger partial charge in [-0.25, -0.2) is 0 Å². The van der Waals surface area contributed by atoms with Crippen LogP contribution >= 0.6 is 34.2 Å². The largest absolute Gasteiger partial charge is 0.338 e. The molecule has 2 rings (SSSR count). The average molecular weight is 364 g/mol. The Bertz CT molecular complexity index is 435. The number of benzene rings is 1. The van der Waals surface area contributed by atoms with Crippen LogP contribution in [0.15, 0.2) is 18.2 Å². The maximum Gasteiger partial charge on any atom is 0.254 e. The van der Waals surface area contributed by atoms with Crippen molar-refractivity contribution >= 4 is 40.1 Å². The number of piperidine rings is 1. The lowest BCUT2D eigenvalue weighted by molar-refractivity contribution is 0.0682. The van der Waals surface area contributed by atoms with Crippen LogP contribution in [0.4, 0.5) is 0 Å². The quantitative estimate of drug-likeness (QED) is 0.695. The molecular weight excluding hydrogens is 349 g/mol. The van der Waals surface area contributed by atoms with Crippen molar-refractivity contribution in [2.45, 2.75) is 19.8 Å². The highest BCUT2D eigenvalue weighted by Gasteiger charge is 2.23. The molecule has 0 aliphatic carbocycles. The number of hydrogen-bond donors (Lipinski definition) is 0. The van der Waals surface area contributed by atoms with Crippen molar-refractivity contribution in [1.29, 1.82) is 0 Å². The number of carbonyl (C=O) groups excluding carboxylic acids is 1. The lowest BCUT2D eigenvalue weighted by Gasteiger charge is -2.31. The van der Waals surface area contributed by atoms with E-state index >= 15 is 0 Å². The zero-order chi connectivity index (χ0) is 12.4. The Hall–Kier alpha value is -0.290. The van der Waals surface area contributed by atoms with Gasteiger partial charge in [-0.2, -0.15) is 0 Å². The van der Waals surface area contributed by atoms with E-state index in [4.69, 9.17) is 11.6 Å². The molecule has 1 fully saturated rings. The van der Waals surface area contributed by atoms with E-state index in [0.717, 1.165) is 28.6 Å². The highest BCUT2D eigenvalue weighted by Crippen LogP contribution is 2.22. The first kappa shape index (κ1) is 13.1. The number of nitrogens with zero attached hydrogens (tertiary/aromatic N) is 1. The Morgan fingerprint density at radius 1 is 1.53 bits per heavy atom. The Morgan fingerprint density at radius 3 is 2.94 bits per heavy atom. The average Bonchev–Trinajstić information content (AvgIpc) is 2.28. The Morgan fingerprint density at radius 2 is 2.29 bits per heavy atom. The van der Waals surface area contributed by atoms with Crippen molar-refractivity contribution in [3.05, 3.63) is 32.4 Å². The van der Waals surface area contributed by atoms with Crippen molar-refractivity contribution in [1.82, 2.24) is 4.90 Å². The predicted molar refractivity (Wildman–Crippen MR) is 78.5 cm³/mol. The number of carbonyl (C=O) groups is 1. The van der Waals surface area contributed by atoms with Crippen LogP contribution in [0.25, 0.3) is 0 Å². The molecule has 17 heavy (non-hydrogen) atoms. The van der Waals surface area contributed by atoms with Gasteiger partial charge in [0.15, 0.2) is 0 Å². The van der Waals surface area contributed by atoms with Crippen LogP contribution in [-0.2, 0) is 0 Å². The number of likely N-dealkylation sites (tertiary alicyclic amines) is 1. The van der Waals surface area contributed by atoms with Crippen molar-refractivity contribution in [2.24, 2.45) is 5.92 Å². The lowest BCUT2D eigenvalue weighted by atomic mass is 9.99. The van der Waals surface area contributed by atoms with Gasteiger partial charge in [0.1, 0.15) is 0 Å². The van der Waals surface area contributed by atoms with E-state index in [1.165, 1.54) is 6.42 Å². The van der Waals surface area contributed by atoms with E-state index in [-0.39, 0.29) is 5.91 Å². The summed E-state index contributed by atoms with van der Waals surface area (Å²) in [7, 11) is 0. The van der Waals surface area contributed by atoms with Crippen molar-refractivity contribution in [2.75, 3.05) is 13.1 Å². The summed E-state index contributed by atoms with van der Waals surface area (Å²) < 4.78 is 0.929. The summed E-state index contributed by atoms with van der Waals surface area (Å²) in [6.45, 7) is 3.95. The van der Waals surface area contributed by atoms with Crippen LogP contribution < -0.4 is 0 Å². The molecule has 1 saturated heterocycles. The van der Waals surface area contributed by atoms with Crippen LogP contribution in [0.1, 0.15) is 30.1 Å². The van der Waals surface area contributed by atoms with Crippen LogP contribution in [0.5, 0.6) is 0 Å². The maximum atomic E-state index is 12.4. The summed E-state index contributed by atoms with van der Waals surface area (Å²) >= 11 is 8.07. The van der Waals surface area contributed by atoms with Crippen LogP contribution in [0.3, 0.4) is 0 Å². The number of halogens is 2. The molecular formula is C13H15ClINO. The zero-order valence-corrected chi connectivity index (χ0v) is 12.7. The molecule has 1 heterocycles. The van der Waals surface area contributed by atoms with Gasteiger partial charge in [-0.15, -0.1) is 0 Å². The molecule has 0 radical (unpaired) electrons. The fourth-order valence-corrected chi connectivity index (χ4v) is 3.31. The molecule has 0 bridgehead atoms. The third kappa shape index (κ3) is 3.13. The summed E-state index contributed by atoms with van der Waals surface area (Å²) in [5.41, 5.74) is 0.768. The Kier molecular flexibility index (Phi) is 4.31. The topological polar surface area (TPSA) is 20.3 Å². The van der Waals surface area contributed by atoms with Crippen LogP contribution in [0.2, 0.25) is 5.02 Å². The molecule has 0 spiro atoms. The predicted octanol–water partition coefficient (Wildman–Crippen LogP) is 3.82. The molecule has 1 aliphatic heterocycles. The fraction of sp³-hybridized carbons (Fsp3) is 0.462. The highest BCUT2D eigenvalue weighted by atomic mass is 127. The molecule has 1 aliphatic rings. The van der Waals surface area contributed by atoms with E-state index in [2.05, 4.69) is 29.5 Å². The van der Waals surface area contributed by atoms with Gasteiger partial charge in [0, 0.05) is 21.7 Å². The molecule has 1 aromatic carbocycles. The minimum Gasteiger partial charge on any atom is -0.338 e. The highest BCUT2D eigenvalue weighted by molar-refractivity contribution is 14.1. The van der Waals surface area contributed by atoms with Gasteiger partial charge in [0.25, 0.3) is 5.91 Å². The summed E-state index contributed by atoms with van der Waals surface area (Å²) in [6.07, 6.45) is 2.33. The fourth-order valence-electron chi connectivity index (χ4n) is 2.21. The van der Waals surface area contributed by atoms with E-state index in [1.807, 2.05) is 17.0 Å². The minimum atomic E-state index is 0.137. The van der Waals surface area contributed by atoms with Gasteiger partial charge in [0.05, 0.1) is 5.56 Å². The molecule has 0 N–H and O–H groups in total. The second-order valence-electron chi connectivity index (χ2n) is 4.62. The van der Waals surface area contributed by atoms with Crippen molar-refractivity contribution in [3.63, 3.8) is 0 Å². The SMILES string of the molecule is CC1CCCN(C(=O)c2ccc(Cl)cc2I)C1. The maximum absolute atomic E-state index is 12.4. The van der Waals surface area contributed by atoms with Crippen molar-refractivity contribution < 1.29 is 4.79 Å². The summed E-state index contributed by atoms with van der Waals surface area (Å²) in [4.78, 5) is 14.3. The molecule has 1 aromatic rings. The Labute approximate surface area is 120 Å². The van der Waals surface area contributed by atoms with E-state index < -0.39 is 0 Å². The lowest BCUT2D eigenvalue weighted by Crippen LogP contribution is -2.39. The second-order valence-corrected chi connectivity index (χ2v) is 6.22.